The number of carbonyl (C=O) groups excluding carboxylic acids is 1. The molecule has 7 heteroatoms. The molecule has 3 atom stereocenters. The summed E-state index contributed by atoms with van der Waals surface area (Å²) in [6.45, 7) is 14.2. The van der Waals surface area contributed by atoms with Crippen LogP contribution in [0, 0.1) is 5.92 Å². The zero-order chi connectivity index (χ0) is 15.5. The van der Waals surface area contributed by atoms with Crippen LogP contribution in [0.2, 0.25) is 0 Å². The van der Waals surface area contributed by atoms with Crippen LogP contribution in [0.15, 0.2) is 0 Å². The standard InChI is InChI=1S/C15H31N3O2.2ClH/c1-10(2)13(14(19)17-9-15(5,6)16)18-7-11(3)20-12(4)8-18;;/h10-13H,7-9,16H2,1-6H3,(H,17,19);2*1H. The van der Waals surface area contributed by atoms with Crippen molar-refractivity contribution in [1.82, 2.24) is 10.2 Å². The zero-order valence-electron chi connectivity index (χ0n) is 14.6. The van der Waals surface area contributed by atoms with E-state index in [1.54, 1.807) is 0 Å². The highest BCUT2D eigenvalue weighted by atomic mass is 35.5. The van der Waals surface area contributed by atoms with E-state index in [4.69, 9.17) is 10.5 Å². The molecule has 1 amide bonds. The molecule has 1 saturated heterocycles. The van der Waals surface area contributed by atoms with Crippen molar-refractivity contribution in [2.24, 2.45) is 11.7 Å². The molecule has 0 spiro atoms. The van der Waals surface area contributed by atoms with Crippen molar-refractivity contribution in [2.75, 3.05) is 19.6 Å². The fourth-order valence-corrected chi connectivity index (χ4v) is 2.75. The van der Waals surface area contributed by atoms with E-state index in [1.165, 1.54) is 0 Å². The minimum Gasteiger partial charge on any atom is -0.373 e. The number of hydrogen-bond donors (Lipinski definition) is 2. The van der Waals surface area contributed by atoms with Crippen molar-refractivity contribution in [1.29, 1.82) is 0 Å². The molecule has 3 N–H and O–H groups in total. The lowest BCUT2D eigenvalue weighted by Gasteiger charge is -2.41. The van der Waals surface area contributed by atoms with Crippen molar-refractivity contribution in [3.05, 3.63) is 0 Å². The van der Waals surface area contributed by atoms with Crippen LogP contribution in [-0.4, -0.2) is 54.2 Å². The number of ether oxygens (including phenoxy) is 1. The second-order valence-corrected chi connectivity index (χ2v) is 7.11. The third-order valence-corrected chi connectivity index (χ3v) is 3.46. The SMILES string of the molecule is CC1CN(C(C(=O)NCC(C)(C)N)C(C)C)CC(C)O1.Cl.Cl. The first kappa shape index (κ1) is 24.2. The van der Waals surface area contributed by atoms with Gasteiger partial charge in [0.1, 0.15) is 0 Å². The van der Waals surface area contributed by atoms with Gasteiger partial charge in [0, 0.05) is 25.2 Å². The van der Waals surface area contributed by atoms with Gasteiger partial charge >= 0.3 is 0 Å². The van der Waals surface area contributed by atoms with Crippen LogP contribution in [0.4, 0.5) is 0 Å². The second kappa shape index (κ2) is 9.93. The van der Waals surface area contributed by atoms with Gasteiger partial charge in [-0.3, -0.25) is 9.69 Å². The van der Waals surface area contributed by atoms with Crippen LogP contribution >= 0.6 is 24.8 Å². The van der Waals surface area contributed by atoms with Gasteiger partial charge in [-0.15, -0.1) is 24.8 Å². The Morgan fingerprint density at radius 3 is 2.09 bits per heavy atom. The van der Waals surface area contributed by atoms with E-state index in [9.17, 15) is 4.79 Å². The Balaban J connectivity index is 0. The molecule has 134 valence electrons. The van der Waals surface area contributed by atoms with Gasteiger partial charge in [0.15, 0.2) is 0 Å². The highest BCUT2D eigenvalue weighted by Gasteiger charge is 2.34. The third-order valence-electron chi connectivity index (χ3n) is 3.46. The average molecular weight is 358 g/mol. The summed E-state index contributed by atoms with van der Waals surface area (Å²) in [5, 5.41) is 2.98. The summed E-state index contributed by atoms with van der Waals surface area (Å²) in [6, 6.07) is -0.119. The monoisotopic (exact) mass is 357 g/mol. The van der Waals surface area contributed by atoms with Crippen LogP contribution in [0.25, 0.3) is 0 Å². The summed E-state index contributed by atoms with van der Waals surface area (Å²) < 4.78 is 5.75. The number of halogens is 2. The number of amides is 1. The maximum Gasteiger partial charge on any atom is 0.237 e. The minimum absolute atomic E-state index is 0. The van der Waals surface area contributed by atoms with Gasteiger partial charge in [0.05, 0.1) is 18.2 Å². The minimum atomic E-state index is -0.386. The smallest absolute Gasteiger partial charge is 0.237 e. The fraction of sp³-hybridized carbons (Fsp3) is 0.933. The van der Waals surface area contributed by atoms with Crippen molar-refractivity contribution in [2.45, 2.75) is 65.3 Å². The lowest BCUT2D eigenvalue weighted by Crippen LogP contribution is -2.58. The number of nitrogens with zero attached hydrogens (tertiary/aromatic N) is 1. The number of rotatable bonds is 5. The first-order chi connectivity index (χ1) is 9.10. The summed E-state index contributed by atoms with van der Waals surface area (Å²) >= 11 is 0. The molecule has 0 aromatic rings. The van der Waals surface area contributed by atoms with E-state index < -0.39 is 0 Å². The predicted molar refractivity (Wildman–Crippen MR) is 96.0 cm³/mol. The van der Waals surface area contributed by atoms with E-state index in [1.807, 2.05) is 13.8 Å². The van der Waals surface area contributed by atoms with E-state index in [0.29, 0.717) is 6.54 Å². The summed E-state index contributed by atoms with van der Waals surface area (Å²) in [6.07, 6.45) is 0.331. The summed E-state index contributed by atoms with van der Waals surface area (Å²) in [7, 11) is 0. The highest BCUT2D eigenvalue weighted by molar-refractivity contribution is 5.85. The Hall–Kier alpha value is -0.0700. The van der Waals surface area contributed by atoms with Gasteiger partial charge < -0.3 is 15.8 Å². The molecular weight excluding hydrogens is 325 g/mol. The van der Waals surface area contributed by atoms with Crippen LogP contribution in [-0.2, 0) is 9.53 Å². The lowest BCUT2D eigenvalue weighted by atomic mass is 9.99. The largest absolute Gasteiger partial charge is 0.373 e. The average Bonchev–Trinajstić information content (AvgIpc) is 2.23. The molecule has 0 aromatic heterocycles. The van der Waals surface area contributed by atoms with Crippen LogP contribution in [0.3, 0.4) is 0 Å². The van der Waals surface area contributed by atoms with Crippen molar-refractivity contribution in [3.8, 4) is 0 Å². The Morgan fingerprint density at radius 1 is 1.27 bits per heavy atom. The van der Waals surface area contributed by atoms with Gasteiger partial charge in [-0.05, 0) is 33.6 Å². The van der Waals surface area contributed by atoms with Crippen molar-refractivity contribution >= 4 is 30.7 Å². The summed E-state index contributed by atoms with van der Waals surface area (Å²) in [5.41, 5.74) is 5.55. The first-order valence-corrected chi connectivity index (χ1v) is 7.56. The molecule has 1 aliphatic rings. The fourth-order valence-electron chi connectivity index (χ4n) is 2.75. The maximum absolute atomic E-state index is 12.5. The van der Waals surface area contributed by atoms with Gasteiger partial charge in [-0.25, -0.2) is 0 Å². The number of carbonyl (C=O) groups is 1. The van der Waals surface area contributed by atoms with E-state index in [2.05, 4.69) is 37.9 Å². The third kappa shape index (κ3) is 7.97. The predicted octanol–water partition coefficient (Wildman–Crippen LogP) is 1.82. The molecule has 0 radical (unpaired) electrons. The molecule has 1 rings (SSSR count). The molecule has 0 saturated carbocycles. The second-order valence-electron chi connectivity index (χ2n) is 7.11. The normalized spacial score (nSPS) is 24.2. The van der Waals surface area contributed by atoms with Gasteiger partial charge in [0.2, 0.25) is 5.91 Å². The number of nitrogens with one attached hydrogen (secondary N) is 1. The Bertz CT molecular complexity index is 325. The van der Waals surface area contributed by atoms with Gasteiger partial charge in [-0.2, -0.15) is 0 Å². The number of morpholine rings is 1. The molecule has 0 aromatic carbocycles. The Morgan fingerprint density at radius 2 is 1.73 bits per heavy atom. The molecule has 5 nitrogen and oxygen atoms in total. The van der Waals surface area contributed by atoms with E-state index in [0.717, 1.165) is 13.1 Å². The van der Waals surface area contributed by atoms with Crippen LogP contribution < -0.4 is 11.1 Å². The van der Waals surface area contributed by atoms with E-state index in [-0.39, 0.29) is 60.4 Å². The molecule has 1 aliphatic heterocycles. The van der Waals surface area contributed by atoms with Gasteiger partial charge in [-0.1, -0.05) is 13.8 Å². The van der Waals surface area contributed by atoms with E-state index >= 15 is 0 Å². The quantitative estimate of drug-likeness (QED) is 0.787. The molecule has 0 aliphatic carbocycles. The Labute approximate surface area is 147 Å². The molecular formula is C15H33Cl2N3O2. The van der Waals surface area contributed by atoms with Crippen molar-refractivity contribution in [3.63, 3.8) is 0 Å². The van der Waals surface area contributed by atoms with Crippen LogP contribution in [0.1, 0.15) is 41.5 Å². The molecule has 1 fully saturated rings. The lowest BCUT2D eigenvalue weighted by molar-refractivity contribution is -0.135. The summed E-state index contributed by atoms with van der Waals surface area (Å²) in [4.78, 5) is 14.7. The maximum atomic E-state index is 12.5. The highest BCUT2D eigenvalue weighted by Crippen LogP contribution is 2.18. The number of hydrogen-bond acceptors (Lipinski definition) is 4. The van der Waals surface area contributed by atoms with Crippen LogP contribution in [0.5, 0.6) is 0 Å². The number of nitrogens with two attached hydrogens (primary N) is 1. The Kier molecular flexibility index (Phi) is 10.9. The first-order valence-electron chi connectivity index (χ1n) is 7.56. The molecule has 3 unspecified atom stereocenters. The zero-order valence-corrected chi connectivity index (χ0v) is 16.2. The molecule has 22 heavy (non-hydrogen) atoms. The molecule has 1 heterocycles. The summed E-state index contributed by atoms with van der Waals surface area (Å²) in [5.74, 6) is 0.327. The topological polar surface area (TPSA) is 67.6 Å². The molecule has 0 bridgehead atoms. The van der Waals surface area contributed by atoms with Crippen molar-refractivity contribution < 1.29 is 9.53 Å². The van der Waals surface area contributed by atoms with Gasteiger partial charge in [0.25, 0.3) is 0 Å².